The van der Waals surface area contributed by atoms with Gasteiger partial charge in [-0.2, -0.15) is 0 Å². The molecule has 2 heterocycles. The van der Waals surface area contributed by atoms with E-state index in [1.165, 1.54) is 21.1 Å². The summed E-state index contributed by atoms with van der Waals surface area (Å²) in [5, 5.41) is 13.6. The van der Waals surface area contributed by atoms with Crippen molar-refractivity contribution in [2.45, 2.75) is 19.5 Å². The predicted molar refractivity (Wildman–Crippen MR) is 104 cm³/mol. The highest BCUT2D eigenvalue weighted by atomic mass is 35.5. The maximum Gasteiger partial charge on any atom is 0.294 e. The maximum absolute atomic E-state index is 12.9. The Morgan fingerprint density at radius 1 is 1.31 bits per heavy atom. The monoisotopic (exact) mass is 410 g/mol. The Bertz CT molecular complexity index is 896. The van der Waals surface area contributed by atoms with Gasteiger partial charge in [0.1, 0.15) is 0 Å². The third-order valence-corrected chi connectivity index (χ3v) is 5.81. The van der Waals surface area contributed by atoms with Crippen LogP contribution in [-0.2, 0) is 16.1 Å². The van der Waals surface area contributed by atoms with E-state index in [1.807, 2.05) is 11.4 Å². The van der Waals surface area contributed by atoms with E-state index in [1.54, 1.807) is 38.2 Å². The van der Waals surface area contributed by atoms with Gasteiger partial charge in [-0.05, 0) is 42.1 Å². The molecule has 1 aliphatic heterocycles. The fourth-order valence-corrected chi connectivity index (χ4v) is 4.03. The molecule has 1 atom stereocenters. The lowest BCUT2D eigenvalue weighted by molar-refractivity contribution is -0.127. The first-order chi connectivity index (χ1) is 12.3. The standard InChI is InChI=1S/C18H16Cl2N2O3S/c1-10-15(16(23)18(25)22(10)14-4-3-7-26-14)17(24)21(2)9-11-5-6-12(19)13(20)8-11/h3-8,10,23H,9H2,1-2H3. The largest absolute Gasteiger partial charge is 0.503 e. The number of rotatable bonds is 4. The van der Waals surface area contributed by atoms with Crippen molar-refractivity contribution >= 4 is 51.4 Å². The first-order valence-electron chi connectivity index (χ1n) is 7.81. The maximum atomic E-state index is 12.9. The molecule has 1 aromatic carbocycles. The van der Waals surface area contributed by atoms with Crippen molar-refractivity contribution < 1.29 is 14.7 Å². The summed E-state index contributed by atoms with van der Waals surface area (Å²) < 4.78 is 0. The highest BCUT2D eigenvalue weighted by Crippen LogP contribution is 2.34. The summed E-state index contributed by atoms with van der Waals surface area (Å²) in [7, 11) is 1.61. The summed E-state index contributed by atoms with van der Waals surface area (Å²) in [5.74, 6) is -1.48. The summed E-state index contributed by atoms with van der Waals surface area (Å²) in [6.45, 7) is 1.99. The van der Waals surface area contributed by atoms with Gasteiger partial charge in [0.05, 0.1) is 26.7 Å². The van der Waals surface area contributed by atoms with Crippen LogP contribution in [0.15, 0.2) is 47.0 Å². The van der Waals surface area contributed by atoms with Crippen molar-refractivity contribution in [3.63, 3.8) is 0 Å². The van der Waals surface area contributed by atoms with Crippen LogP contribution in [0.4, 0.5) is 5.00 Å². The summed E-state index contributed by atoms with van der Waals surface area (Å²) in [4.78, 5) is 28.1. The number of carbonyl (C=O) groups is 2. The number of carbonyl (C=O) groups excluding carboxylic acids is 2. The van der Waals surface area contributed by atoms with Gasteiger partial charge in [-0.25, -0.2) is 0 Å². The summed E-state index contributed by atoms with van der Waals surface area (Å²) >= 11 is 13.3. The van der Waals surface area contributed by atoms with Crippen LogP contribution in [0.25, 0.3) is 0 Å². The Labute approximate surface area is 165 Å². The molecule has 0 fully saturated rings. The van der Waals surface area contributed by atoms with Gasteiger partial charge in [0.2, 0.25) is 0 Å². The number of aliphatic hydroxyl groups excluding tert-OH is 1. The zero-order valence-electron chi connectivity index (χ0n) is 14.1. The minimum Gasteiger partial charge on any atom is -0.503 e. The minimum atomic E-state index is -0.564. The molecule has 136 valence electrons. The van der Waals surface area contributed by atoms with Crippen molar-refractivity contribution in [2.24, 2.45) is 0 Å². The Morgan fingerprint density at radius 3 is 2.65 bits per heavy atom. The normalized spacial score (nSPS) is 17.2. The third-order valence-electron chi connectivity index (χ3n) is 4.21. The Hall–Kier alpha value is -2.02. The van der Waals surface area contributed by atoms with Gasteiger partial charge in [0.25, 0.3) is 11.8 Å². The fraction of sp³-hybridized carbons (Fsp3) is 0.222. The quantitative estimate of drug-likeness (QED) is 0.818. The van der Waals surface area contributed by atoms with E-state index in [-0.39, 0.29) is 12.1 Å². The van der Waals surface area contributed by atoms with Crippen LogP contribution in [0.2, 0.25) is 10.0 Å². The number of hydrogen-bond donors (Lipinski definition) is 1. The summed E-state index contributed by atoms with van der Waals surface area (Å²) in [5.41, 5.74) is 0.883. The highest BCUT2D eigenvalue weighted by molar-refractivity contribution is 7.14. The van der Waals surface area contributed by atoms with Crippen molar-refractivity contribution in [3.8, 4) is 0 Å². The van der Waals surface area contributed by atoms with E-state index >= 15 is 0 Å². The number of benzene rings is 1. The number of halogens is 2. The van der Waals surface area contributed by atoms with Crippen LogP contribution in [0.3, 0.4) is 0 Å². The van der Waals surface area contributed by atoms with Crippen LogP contribution in [-0.4, -0.2) is 34.9 Å². The average molecular weight is 411 g/mol. The van der Waals surface area contributed by atoms with Gasteiger partial charge in [-0.1, -0.05) is 29.3 Å². The molecule has 5 nitrogen and oxygen atoms in total. The smallest absolute Gasteiger partial charge is 0.294 e. The van der Waals surface area contributed by atoms with Crippen molar-refractivity contribution in [1.82, 2.24) is 4.90 Å². The second-order valence-electron chi connectivity index (χ2n) is 5.97. The molecule has 2 amide bonds. The summed E-state index contributed by atoms with van der Waals surface area (Å²) in [6, 6.07) is 8.15. The first kappa shape index (κ1) is 18.8. The molecule has 26 heavy (non-hydrogen) atoms. The number of amides is 2. The Morgan fingerprint density at radius 2 is 2.04 bits per heavy atom. The number of nitrogens with zero attached hydrogens (tertiary/aromatic N) is 2. The van der Waals surface area contributed by atoms with Crippen LogP contribution in [0.1, 0.15) is 12.5 Å². The topological polar surface area (TPSA) is 60.9 Å². The number of thiophene rings is 1. The molecule has 1 aromatic heterocycles. The van der Waals surface area contributed by atoms with Crippen molar-refractivity contribution in [3.05, 3.63) is 62.7 Å². The fourth-order valence-electron chi connectivity index (χ4n) is 2.90. The van der Waals surface area contributed by atoms with E-state index < -0.39 is 23.6 Å². The van der Waals surface area contributed by atoms with Gasteiger partial charge in [-0.15, -0.1) is 11.3 Å². The highest BCUT2D eigenvalue weighted by Gasteiger charge is 2.42. The Balaban J connectivity index is 1.81. The Kier molecular flexibility index (Phi) is 5.27. The number of anilines is 1. The molecule has 2 aromatic rings. The van der Waals surface area contributed by atoms with E-state index in [0.717, 1.165) is 5.56 Å². The minimum absolute atomic E-state index is 0.0889. The second-order valence-corrected chi connectivity index (χ2v) is 7.71. The molecule has 0 saturated carbocycles. The van der Waals surface area contributed by atoms with Gasteiger partial charge < -0.3 is 10.0 Å². The average Bonchev–Trinajstić information content (AvgIpc) is 3.18. The first-order valence-corrected chi connectivity index (χ1v) is 9.44. The van der Waals surface area contributed by atoms with E-state index in [4.69, 9.17) is 23.2 Å². The number of aliphatic hydroxyl groups is 1. The number of likely N-dealkylation sites (N-methyl/N-ethyl adjacent to an activating group) is 1. The molecule has 0 bridgehead atoms. The molecular weight excluding hydrogens is 395 g/mol. The van der Waals surface area contributed by atoms with Gasteiger partial charge in [-0.3, -0.25) is 14.5 Å². The zero-order chi connectivity index (χ0) is 19.0. The molecule has 1 N–H and O–H groups in total. The van der Waals surface area contributed by atoms with E-state index in [2.05, 4.69) is 0 Å². The SMILES string of the molecule is CC1C(C(=O)N(C)Cc2ccc(Cl)c(Cl)c2)=C(O)C(=O)N1c1cccs1. The van der Waals surface area contributed by atoms with Crippen LogP contribution in [0.5, 0.6) is 0 Å². The van der Waals surface area contributed by atoms with Crippen molar-refractivity contribution in [1.29, 1.82) is 0 Å². The van der Waals surface area contributed by atoms with Gasteiger partial charge in [0.15, 0.2) is 5.76 Å². The molecule has 1 aliphatic rings. The lowest BCUT2D eigenvalue weighted by Crippen LogP contribution is -2.37. The van der Waals surface area contributed by atoms with Crippen LogP contribution >= 0.6 is 34.5 Å². The van der Waals surface area contributed by atoms with Crippen LogP contribution < -0.4 is 4.90 Å². The molecule has 8 heteroatoms. The molecular formula is C18H16Cl2N2O3S. The third kappa shape index (κ3) is 3.32. The van der Waals surface area contributed by atoms with Crippen molar-refractivity contribution in [2.75, 3.05) is 11.9 Å². The van der Waals surface area contributed by atoms with E-state index in [9.17, 15) is 14.7 Å². The molecule has 1 unspecified atom stereocenters. The zero-order valence-corrected chi connectivity index (χ0v) is 16.4. The lowest BCUT2D eigenvalue weighted by atomic mass is 10.1. The second kappa shape index (κ2) is 7.31. The predicted octanol–water partition coefficient (Wildman–Crippen LogP) is 4.26. The number of hydrogen-bond acceptors (Lipinski definition) is 4. The molecule has 0 aliphatic carbocycles. The van der Waals surface area contributed by atoms with Crippen LogP contribution in [0, 0.1) is 0 Å². The molecule has 0 radical (unpaired) electrons. The van der Waals surface area contributed by atoms with E-state index in [0.29, 0.717) is 15.0 Å². The lowest BCUT2D eigenvalue weighted by Gasteiger charge is -2.24. The summed E-state index contributed by atoms with van der Waals surface area (Å²) in [6.07, 6.45) is 0. The van der Waals surface area contributed by atoms with Gasteiger partial charge >= 0.3 is 0 Å². The molecule has 3 rings (SSSR count). The molecule has 0 saturated heterocycles. The molecule has 0 spiro atoms. The van der Waals surface area contributed by atoms with Gasteiger partial charge in [0, 0.05) is 13.6 Å².